The molecule has 2 nitrogen and oxygen atoms in total. The summed E-state index contributed by atoms with van der Waals surface area (Å²) in [4.78, 5) is 8.98. The van der Waals surface area contributed by atoms with Gasteiger partial charge in [0, 0.05) is 22.6 Å². The lowest BCUT2D eigenvalue weighted by molar-refractivity contribution is 0.695. The number of hydrogen-bond acceptors (Lipinski definition) is 3. The lowest BCUT2D eigenvalue weighted by atomic mass is 10.0. The van der Waals surface area contributed by atoms with Crippen molar-refractivity contribution < 1.29 is 0 Å². The average Bonchev–Trinajstić information content (AvgIpc) is 3.02. The van der Waals surface area contributed by atoms with Crippen LogP contribution in [0, 0.1) is 0 Å². The summed E-state index contributed by atoms with van der Waals surface area (Å²) >= 11 is 7.75. The number of rotatable bonds is 2. The molecule has 1 saturated carbocycles. The zero-order valence-electron chi connectivity index (χ0n) is 9.40. The molecule has 3 rings (SSSR count). The summed E-state index contributed by atoms with van der Waals surface area (Å²) in [6.45, 7) is 0. The van der Waals surface area contributed by atoms with Gasteiger partial charge in [0.25, 0.3) is 0 Å². The smallest absolute Gasteiger partial charge is 0.161 e. The molecule has 2 heterocycles. The maximum absolute atomic E-state index is 6.10. The third-order valence-electron chi connectivity index (χ3n) is 3.27. The maximum Gasteiger partial charge on any atom is 0.161 e. The summed E-state index contributed by atoms with van der Waals surface area (Å²) in [5, 5.41) is 4.65. The van der Waals surface area contributed by atoms with Gasteiger partial charge in [-0.05, 0) is 30.4 Å². The molecule has 0 saturated heterocycles. The van der Waals surface area contributed by atoms with Crippen LogP contribution < -0.4 is 0 Å². The highest BCUT2D eigenvalue weighted by atomic mass is 35.5. The first-order chi connectivity index (χ1) is 8.33. The molecule has 0 N–H and O–H groups in total. The van der Waals surface area contributed by atoms with E-state index in [9.17, 15) is 0 Å². The maximum atomic E-state index is 6.10. The SMILES string of the molecule is Clc1cc(C2CCCC2)nc(-c2ccsc2)n1. The van der Waals surface area contributed by atoms with E-state index in [0.29, 0.717) is 11.1 Å². The lowest BCUT2D eigenvalue weighted by Crippen LogP contribution is -2.00. The molecule has 2 aromatic heterocycles. The van der Waals surface area contributed by atoms with Crippen LogP contribution in [0.3, 0.4) is 0 Å². The molecule has 4 heteroatoms. The topological polar surface area (TPSA) is 25.8 Å². The zero-order chi connectivity index (χ0) is 11.7. The molecule has 0 amide bonds. The van der Waals surface area contributed by atoms with E-state index in [1.807, 2.05) is 17.5 Å². The van der Waals surface area contributed by atoms with Crippen LogP contribution in [0.25, 0.3) is 11.4 Å². The van der Waals surface area contributed by atoms with Crippen LogP contribution in [0.1, 0.15) is 37.3 Å². The van der Waals surface area contributed by atoms with Crippen molar-refractivity contribution in [1.82, 2.24) is 9.97 Å². The molecule has 2 aromatic rings. The third-order valence-corrected chi connectivity index (χ3v) is 4.14. The van der Waals surface area contributed by atoms with Crippen molar-refractivity contribution in [2.45, 2.75) is 31.6 Å². The second kappa shape index (κ2) is 4.75. The van der Waals surface area contributed by atoms with Gasteiger partial charge in [-0.15, -0.1) is 0 Å². The van der Waals surface area contributed by atoms with Crippen LogP contribution in [0.2, 0.25) is 5.15 Å². The monoisotopic (exact) mass is 264 g/mol. The first-order valence-electron chi connectivity index (χ1n) is 5.90. The molecule has 0 atom stereocenters. The first kappa shape index (κ1) is 11.2. The van der Waals surface area contributed by atoms with Crippen molar-refractivity contribution in [2.75, 3.05) is 0 Å². The Kier molecular flexibility index (Phi) is 3.12. The summed E-state index contributed by atoms with van der Waals surface area (Å²) < 4.78 is 0. The number of halogens is 1. The molecule has 1 fully saturated rings. The highest BCUT2D eigenvalue weighted by Gasteiger charge is 2.20. The largest absolute Gasteiger partial charge is 0.233 e. The third kappa shape index (κ3) is 2.35. The Balaban J connectivity index is 2.00. The quantitative estimate of drug-likeness (QED) is 0.746. The van der Waals surface area contributed by atoms with Crippen LogP contribution in [0.15, 0.2) is 22.9 Å². The van der Waals surface area contributed by atoms with Gasteiger partial charge in [-0.3, -0.25) is 0 Å². The Morgan fingerprint density at radius 1 is 1.24 bits per heavy atom. The molecule has 1 aliphatic carbocycles. The van der Waals surface area contributed by atoms with Crippen molar-refractivity contribution in [3.63, 3.8) is 0 Å². The molecule has 0 aromatic carbocycles. The van der Waals surface area contributed by atoms with E-state index in [4.69, 9.17) is 11.6 Å². The molecule has 88 valence electrons. The van der Waals surface area contributed by atoms with E-state index in [1.165, 1.54) is 25.7 Å². The second-order valence-corrected chi connectivity index (χ2v) is 5.60. The molecule has 0 radical (unpaired) electrons. The van der Waals surface area contributed by atoms with Gasteiger partial charge in [0.15, 0.2) is 5.82 Å². The van der Waals surface area contributed by atoms with E-state index in [0.717, 1.165) is 17.1 Å². The Bertz CT molecular complexity index is 504. The van der Waals surface area contributed by atoms with Crippen LogP contribution >= 0.6 is 22.9 Å². The Labute approximate surface area is 110 Å². The van der Waals surface area contributed by atoms with Gasteiger partial charge < -0.3 is 0 Å². The fourth-order valence-electron chi connectivity index (χ4n) is 2.39. The van der Waals surface area contributed by atoms with E-state index in [-0.39, 0.29) is 0 Å². The van der Waals surface area contributed by atoms with Crippen molar-refractivity contribution in [3.05, 3.63) is 33.7 Å². The minimum absolute atomic E-state index is 0.558. The van der Waals surface area contributed by atoms with Crippen molar-refractivity contribution in [2.24, 2.45) is 0 Å². The predicted octanol–water partition coefficient (Wildman–Crippen LogP) is 4.52. The molecular weight excluding hydrogens is 252 g/mol. The molecule has 1 aliphatic rings. The Morgan fingerprint density at radius 3 is 2.76 bits per heavy atom. The fourth-order valence-corrected chi connectivity index (χ4v) is 3.21. The van der Waals surface area contributed by atoms with E-state index in [1.54, 1.807) is 11.3 Å². The summed E-state index contributed by atoms with van der Waals surface area (Å²) in [6, 6.07) is 3.96. The molecule has 0 spiro atoms. The highest BCUT2D eigenvalue weighted by Crippen LogP contribution is 2.34. The molecule has 0 aliphatic heterocycles. The van der Waals surface area contributed by atoms with Crippen LogP contribution in [-0.4, -0.2) is 9.97 Å². The standard InChI is InChI=1S/C13H13ClN2S/c14-12-7-11(9-3-1-2-4-9)15-13(16-12)10-5-6-17-8-10/h5-9H,1-4H2. The molecule has 17 heavy (non-hydrogen) atoms. The number of thiophene rings is 1. The van der Waals surface area contributed by atoms with Crippen molar-refractivity contribution >= 4 is 22.9 Å². The minimum atomic E-state index is 0.558. The summed E-state index contributed by atoms with van der Waals surface area (Å²) in [6.07, 6.45) is 5.08. The van der Waals surface area contributed by atoms with Gasteiger partial charge in [0.05, 0.1) is 0 Å². The van der Waals surface area contributed by atoms with E-state index >= 15 is 0 Å². The van der Waals surface area contributed by atoms with Gasteiger partial charge in [-0.2, -0.15) is 11.3 Å². The van der Waals surface area contributed by atoms with Gasteiger partial charge in [0.2, 0.25) is 0 Å². The van der Waals surface area contributed by atoms with Crippen LogP contribution in [0.4, 0.5) is 0 Å². The number of aromatic nitrogens is 2. The Hall–Kier alpha value is -0.930. The van der Waals surface area contributed by atoms with Gasteiger partial charge in [-0.25, -0.2) is 9.97 Å². The highest BCUT2D eigenvalue weighted by molar-refractivity contribution is 7.08. The normalized spacial score (nSPS) is 16.5. The van der Waals surface area contributed by atoms with Crippen LogP contribution in [0.5, 0.6) is 0 Å². The van der Waals surface area contributed by atoms with Crippen molar-refractivity contribution in [3.8, 4) is 11.4 Å². The zero-order valence-corrected chi connectivity index (χ0v) is 11.0. The van der Waals surface area contributed by atoms with Crippen molar-refractivity contribution in [1.29, 1.82) is 0 Å². The summed E-state index contributed by atoms with van der Waals surface area (Å²) in [5.74, 6) is 1.34. The van der Waals surface area contributed by atoms with Crippen LogP contribution in [-0.2, 0) is 0 Å². The lowest BCUT2D eigenvalue weighted by Gasteiger charge is -2.09. The van der Waals surface area contributed by atoms with E-state index in [2.05, 4.69) is 15.3 Å². The molecular formula is C13H13ClN2S. The van der Waals surface area contributed by atoms with Gasteiger partial charge >= 0.3 is 0 Å². The first-order valence-corrected chi connectivity index (χ1v) is 7.22. The summed E-state index contributed by atoms with van der Waals surface area (Å²) in [5.41, 5.74) is 2.18. The van der Waals surface area contributed by atoms with E-state index < -0.39 is 0 Å². The minimum Gasteiger partial charge on any atom is -0.233 e. The Morgan fingerprint density at radius 2 is 2.06 bits per heavy atom. The fraction of sp³-hybridized carbons (Fsp3) is 0.385. The predicted molar refractivity (Wildman–Crippen MR) is 71.6 cm³/mol. The van der Waals surface area contributed by atoms with Gasteiger partial charge in [0.1, 0.15) is 5.15 Å². The molecule has 0 bridgehead atoms. The summed E-state index contributed by atoms with van der Waals surface area (Å²) in [7, 11) is 0. The molecule has 0 unspecified atom stereocenters. The van der Waals surface area contributed by atoms with Gasteiger partial charge in [-0.1, -0.05) is 24.4 Å². The number of hydrogen-bond donors (Lipinski definition) is 0. The average molecular weight is 265 g/mol. The second-order valence-electron chi connectivity index (χ2n) is 4.43. The number of nitrogens with zero attached hydrogens (tertiary/aromatic N) is 2.